The zero-order valence-corrected chi connectivity index (χ0v) is 18.8. The lowest BCUT2D eigenvalue weighted by atomic mass is 10.1. The van der Waals surface area contributed by atoms with Gasteiger partial charge in [-0.2, -0.15) is 0 Å². The van der Waals surface area contributed by atoms with Crippen LogP contribution < -0.4 is 5.32 Å². The Morgan fingerprint density at radius 1 is 1.34 bits per heavy atom. The van der Waals surface area contributed by atoms with Crippen molar-refractivity contribution in [1.29, 1.82) is 0 Å². The molecule has 2 aromatic heterocycles. The number of rotatable bonds is 4. The molecule has 1 aliphatic heterocycles. The number of halogens is 2. The molecule has 0 radical (unpaired) electrons. The number of carbonyl (C=O) groups is 1. The molecule has 9 heteroatoms. The van der Waals surface area contributed by atoms with Crippen molar-refractivity contribution in [2.24, 2.45) is 7.05 Å². The van der Waals surface area contributed by atoms with Gasteiger partial charge in [-0.25, -0.2) is 9.97 Å². The Bertz CT molecular complexity index is 958. The molecule has 0 bridgehead atoms. The number of amides is 1. The maximum atomic E-state index is 13.0. The summed E-state index contributed by atoms with van der Waals surface area (Å²) in [5.74, 6) is 1.01. The number of aryl methyl sites for hydroxylation is 2. The fourth-order valence-corrected chi connectivity index (χ4v) is 4.30. The first kappa shape index (κ1) is 23.3. The molecule has 1 N–H and O–H groups in total. The Labute approximate surface area is 187 Å². The van der Waals surface area contributed by atoms with Crippen LogP contribution in [0.1, 0.15) is 23.1 Å². The zero-order chi connectivity index (χ0) is 18.8. The van der Waals surface area contributed by atoms with Crippen LogP contribution in [0.4, 0.5) is 0 Å². The summed E-state index contributed by atoms with van der Waals surface area (Å²) in [6.45, 7) is 4.29. The molecule has 156 valence electrons. The van der Waals surface area contributed by atoms with Crippen molar-refractivity contribution in [3.05, 3.63) is 59.1 Å². The summed E-state index contributed by atoms with van der Waals surface area (Å²) in [6.07, 6.45) is 4.02. The van der Waals surface area contributed by atoms with E-state index in [1.54, 1.807) is 17.5 Å². The van der Waals surface area contributed by atoms with E-state index in [1.807, 2.05) is 34.2 Å². The summed E-state index contributed by atoms with van der Waals surface area (Å²) in [7, 11) is 1.97. The monoisotopic (exact) mass is 453 g/mol. The lowest BCUT2D eigenvalue weighted by Crippen LogP contribution is -2.49. The zero-order valence-electron chi connectivity index (χ0n) is 16.4. The number of piperazine rings is 1. The van der Waals surface area contributed by atoms with Crippen molar-refractivity contribution in [1.82, 2.24) is 24.8 Å². The summed E-state index contributed by atoms with van der Waals surface area (Å²) in [5, 5.41) is 6.32. The van der Waals surface area contributed by atoms with Gasteiger partial charge in [0, 0.05) is 50.0 Å². The van der Waals surface area contributed by atoms with Crippen LogP contribution in [0.5, 0.6) is 0 Å². The minimum absolute atomic E-state index is 0. The maximum absolute atomic E-state index is 13.0. The third-order valence-corrected chi connectivity index (χ3v) is 5.81. The first-order valence-electron chi connectivity index (χ1n) is 9.10. The molecule has 3 heterocycles. The molecule has 29 heavy (non-hydrogen) atoms. The average Bonchev–Trinajstić information content (AvgIpc) is 3.31. The van der Waals surface area contributed by atoms with E-state index in [9.17, 15) is 4.79 Å². The van der Waals surface area contributed by atoms with Gasteiger partial charge in [0.25, 0.3) is 0 Å². The van der Waals surface area contributed by atoms with Gasteiger partial charge in [-0.15, -0.1) is 36.2 Å². The Hall–Kier alpha value is -1.93. The normalized spacial score (nSPS) is 16.1. The number of imidazole rings is 1. The van der Waals surface area contributed by atoms with Crippen LogP contribution in [0.25, 0.3) is 10.6 Å². The van der Waals surface area contributed by atoms with Crippen LogP contribution >= 0.6 is 36.2 Å². The second-order valence-electron chi connectivity index (χ2n) is 6.89. The molecule has 0 saturated carbocycles. The topological polar surface area (TPSA) is 63.1 Å². The third-order valence-electron chi connectivity index (χ3n) is 4.87. The predicted octanol–water partition coefficient (Wildman–Crippen LogP) is 3.41. The van der Waals surface area contributed by atoms with Gasteiger partial charge in [-0.1, -0.05) is 23.8 Å². The van der Waals surface area contributed by atoms with Gasteiger partial charge in [0.2, 0.25) is 5.91 Å². The molecular formula is C20H25Cl2N5OS. The van der Waals surface area contributed by atoms with Gasteiger partial charge in [0.05, 0.1) is 12.1 Å². The highest BCUT2D eigenvalue weighted by Gasteiger charge is 2.30. The third kappa shape index (κ3) is 5.17. The molecule has 1 amide bonds. The number of nitrogens with one attached hydrogen (secondary N) is 1. The second kappa shape index (κ2) is 10.2. The summed E-state index contributed by atoms with van der Waals surface area (Å²) < 4.78 is 1.98. The highest BCUT2D eigenvalue weighted by Crippen LogP contribution is 2.26. The molecule has 1 aromatic carbocycles. The van der Waals surface area contributed by atoms with Gasteiger partial charge in [0.15, 0.2) is 0 Å². The molecule has 1 unspecified atom stereocenters. The number of benzene rings is 1. The summed E-state index contributed by atoms with van der Waals surface area (Å²) in [5.41, 5.74) is 3.14. The van der Waals surface area contributed by atoms with E-state index in [1.165, 1.54) is 5.56 Å². The standard InChI is InChI=1S/C20H23N5OS.2ClH/c1-14-4-3-5-15(10-14)20-23-16(13-27-20)11-18(26)25-9-6-21-12-17(25)19-22-7-8-24(19)2;;/h3-5,7-8,10,13,17,21H,6,9,11-12H2,1-2H3;2*1H. The molecular weight excluding hydrogens is 429 g/mol. The van der Waals surface area contributed by atoms with Crippen LogP contribution in [0.2, 0.25) is 0 Å². The number of thiazole rings is 1. The Balaban J connectivity index is 0.00000150. The largest absolute Gasteiger partial charge is 0.336 e. The highest BCUT2D eigenvalue weighted by atomic mass is 35.5. The number of hydrogen-bond acceptors (Lipinski definition) is 5. The SMILES string of the molecule is Cc1cccc(-c2nc(CC(=O)N3CCNCC3c3nccn3C)cs2)c1.Cl.Cl. The minimum atomic E-state index is -0.0406. The van der Waals surface area contributed by atoms with Crippen molar-refractivity contribution in [3.63, 3.8) is 0 Å². The number of hydrogen-bond donors (Lipinski definition) is 1. The van der Waals surface area contributed by atoms with Crippen molar-refractivity contribution in [2.75, 3.05) is 19.6 Å². The van der Waals surface area contributed by atoms with E-state index in [2.05, 4.69) is 35.4 Å². The molecule has 0 spiro atoms. The van der Waals surface area contributed by atoms with Crippen molar-refractivity contribution in [3.8, 4) is 10.6 Å². The van der Waals surface area contributed by atoms with Gasteiger partial charge < -0.3 is 14.8 Å². The molecule has 3 aromatic rings. The highest BCUT2D eigenvalue weighted by molar-refractivity contribution is 7.13. The number of carbonyl (C=O) groups excluding carboxylic acids is 1. The van der Waals surface area contributed by atoms with E-state index in [-0.39, 0.29) is 36.8 Å². The average molecular weight is 454 g/mol. The smallest absolute Gasteiger partial charge is 0.229 e. The molecule has 1 saturated heterocycles. The molecule has 6 nitrogen and oxygen atoms in total. The van der Waals surface area contributed by atoms with E-state index in [0.717, 1.165) is 35.2 Å². The molecule has 1 aliphatic rings. The van der Waals surface area contributed by atoms with Crippen molar-refractivity contribution in [2.45, 2.75) is 19.4 Å². The minimum Gasteiger partial charge on any atom is -0.336 e. The first-order valence-corrected chi connectivity index (χ1v) is 9.98. The summed E-state index contributed by atoms with van der Waals surface area (Å²) in [6, 6.07) is 8.25. The van der Waals surface area contributed by atoms with Crippen molar-refractivity contribution < 1.29 is 4.79 Å². The lowest BCUT2D eigenvalue weighted by Gasteiger charge is -2.35. The second-order valence-corrected chi connectivity index (χ2v) is 7.75. The molecule has 1 atom stereocenters. The Morgan fingerprint density at radius 2 is 2.17 bits per heavy atom. The molecule has 1 fully saturated rings. The van der Waals surface area contributed by atoms with Gasteiger partial charge in [0.1, 0.15) is 16.9 Å². The number of aromatic nitrogens is 3. The van der Waals surface area contributed by atoms with Gasteiger partial charge >= 0.3 is 0 Å². The van der Waals surface area contributed by atoms with Gasteiger partial charge in [-0.3, -0.25) is 4.79 Å². The quantitative estimate of drug-likeness (QED) is 0.657. The molecule has 4 rings (SSSR count). The summed E-state index contributed by atoms with van der Waals surface area (Å²) in [4.78, 5) is 24.1. The maximum Gasteiger partial charge on any atom is 0.229 e. The van der Waals surface area contributed by atoms with Crippen molar-refractivity contribution >= 4 is 42.1 Å². The van der Waals surface area contributed by atoms with Crippen LogP contribution in [0.3, 0.4) is 0 Å². The van der Waals surface area contributed by atoms with E-state index in [4.69, 9.17) is 4.98 Å². The lowest BCUT2D eigenvalue weighted by molar-refractivity contribution is -0.134. The number of nitrogens with zero attached hydrogens (tertiary/aromatic N) is 4. The van der Waals surface area contributed by atoms with Crippen LogP contribution in [-0.4, -0.2) is 45.0 Å². The van der Waals surface area contributed by atoms with E-state index in [0.29, 0.717) is 13.0 Å². The molecule has 0 aliphatic carbocycles. The van der Waals surface area contributed by atoms with E-state index < -0.39 is 0 Å². The summed E-state index contributed by atoms with van der Waals surface area (Å²) >= 11 is 1.59. The first-order chi connectivity index (χ1) is 13.1. The van der Waals surface area contributed by atoms with Crippen LogP contribution in [0, 0.1) is 6.92 Å². The predicted molar refractivity (Wildman–Crippen MR) is 121 cm³/mol. The van der Waals surface area contributed by atoms with E-state index >= 15 is 0 Å². The van der Waals surface area contributed by atoms with Gasteiger partial charge in [-0.05, 0) is 13.0 Å². The van der Waals surface area contributed by atoms with Crippen LogP contribution in [-0.2, 0) is 18.3 Å². The fraction of sp³-hybridized carbons (Fsp3) is 0.350. The van der Waals surface area contributed by atoms with Crippen LogP contribution in [0.15, 0.2) is 42.0 Å². The fourth-order valence-electron chi connectivity index (χ4n) is 3.49. The Morgan fingerprint density at radius 3 is 2.90 bits per heavy atom. The Kier molecular flexibility index (Phi) is 8.22.